The first-order valence-electron chi connectivity index (χ1n) is 9.07. The Hall–Kier alpha value is -2.72. The van der Waals surface area contributed by atoms with Gasteiger partial charge >= 0.3 is 0 Å². The quantitative estimate of drug-likeness (QED) is 0.409. The number of rotatable bonds is 4. The predicted molar refractivity (Wildman–Crippen MR) is 124 cm³/mol. The second kappa shape index (κ2) is 8.67. The third-order valence-electron chi connectivity index (χ3n) is 4.56. The summed E-state index contributed by atoms with van der Waals surface area (Å²) in [7, 11) is -2.16. The van der Waals surface area contributed by atoms with Gasteiger partial charge < -0.3 is 4.57 Å². The zero-order chi connectivity index (χ0) is 23.0. The number of hydrogen-bond donors (Lipinski definition) is 1. The molecule has 1 heterocycles. The Kier molecular flexibility index (Phi) is 6.09. The normalized spacial score (nSPS) is 12.3. The fourth-order valence-corrected chi connectivity index (χ4v) is 5.66. The van der Waals surface area contributed by atoms with Crippen molar-refractivity contribution in [3.63, 3.8) is 0 Å². The maximum Gasteiger partial charge on any atom is 0.279 e. The molecule has 0 aliphatic carbocycles. The second-order valence-corrected chi connectivity index (χ2v) is 10.2. The maximum absolute atomic E-state index is 13.0. The number of nitrogens with one attached hydrogen (secondary N) is 1. The van der Waals surface area contributed by atoms with E-state index in [2.05, 4.69) is 9.71 Å². The molecule has 1 amide bonds. The summed E-state index contributed by atoms with van der Waals surface area (Å²) >= 11 is 13.7. The van der Waals surface area contributed by atoms with Gasteiger partial charge in [0.15, 0.2) is 4.80 Å². The van der Waals surface area contributed by atoms with Crippen molar-refractivity contribution in [2.45, 2.75) is 4.90 Å². The number of benzene rings is 3. The predicted octanol–water partition coefficient (Wildman–Crippen LogP) is 5.23. The lowest BCUT2D eigenvalue weighted by Crippen LogP contribution is -2.14. The van der Waals surface area contributed by atoms with Gasteiger partial charge in [-0.2, -0.15) is 4.99 Å². The van der Waals surface area contributed by atoms with Gasteiger partial charge in [-0.3, -0.25) is 9.52 Å². The summed E-state index contributed by atoms with van der Waals surface area (Å²) in [6.07, 6.45) is 0. The molecule has 0 bridgehead atoms. The summed E-state index contributed by atoms with van der Waals surface area (Å²) in [5.74, 6) is -1.04. The third-order valence-corrected chi connectivity index (χ3v) is 7.85. The van der Waals surface area contributed by atoms with Crippen LogP contribution in [0.4, 0.5) is 10.1 Å². The molecule has 0 aliphatic rings. The van der Waals surface area contributed by atoms with Crippen molar-refractivity contribution in [1.82, 2.24) is 4.57 Å². The standard InChI is InChI=1S/C21H14Cl2FN3O3S2/c1-27-18-16(22)10-11-17(23)19(18)31-21(27)25-20(28)12-2-6-14(7-3-12)26-32(29,30)15-8-4-13(24)5-9-15/h2-11,26H,1H3. The van der Waals surface area contributed by atoms with E-state index in [1.165, 1.54) is 35.6 Å². The summed E-state index contributed by atoms with van der Waals surface area (Å²) < 4.78 is 42.6. The molecule has 1 N–H and O–H groups in total. The lowest BCUT2D eigenvalue weighted by molar-refractivity contribution is 0.0998. The van der Waals surface area contributed by atoms with Gasteiger partial charge in [0.25, 0.3) is 15.9 Å². The fourth-order valence-electron chi connectivity index (χ4n) is 2.95. The van der Waals surface area contributed by atoms with Crippen molar-refractivity contribution in [3.8, 4) is 0 Å². The van der Waals surface area contributed by atoms with E-state index < -0.39 is 21.7 Å². The molecule has 0 atom stereocenters. The van der Waals surface area contributed by atoms with E-state index in [1.54, 1.807) is 23.7 Å². The lowest BCUT2D eigenvalue weighted by atomic mass is 10.2. The number of anilines is 1. The van der Waals surface area contributed by atoms with Gasteiger partial charge in [-0.25, -0.2) is 12.8 Å². The SMILES string of the molecule is Cn1c(=NC(=O)c2ccc(NS(=O)(=O)c3ccc(F)cc3)cc2)sc2c(Cl)ccc(Cl)c21. The van der Waals surface area contributed by atoms with Crippen LogP contribution in [0.2, 0.25) is 10.0 Å². The first-order valence-corrected chi connectivity index (χ1v) is 12.1. The summed E-state index contributed by atoms with van der Waals surface area (Å²) in [5.41, 5.74) is 1.20. The number of carbonyl (C=O) groups is 1. The number of nitrogens with zero attached hydrogens (tertiary/aromatic N) is 2. The highest BCUT2D eigenvalue weighted by Gasteiger charge is 2.15. The number of sulfonamides is 1. The minimum absolute atomic E-state index is 0.0800. The van der Waals surface area contributed by atoms with Crippen LogP contribution < -0.4 is 9.52 Å². The maximum atomic E-state index is 13.0. The molecule has 1 aromatic heterocycles. The zero-order valence-corrected chi connectivity index (χ0v) is 19.5. The Morgan fingerprint density at radius 3 is 2.25 bits per heavy atom. The molecule has 0 unspecified atom stereocenters. The molecule has 164 valence electrons. The van der Waals surface area contributed by atoms with E-state index in [-0.39, 0.29) is 16.1 Å². The van der Waals surface area contributed by atoms with Crippen LogP contribution in [0.25, 0.3) is 10.2 Å². The smallest absolute Gasteiger partial charge is 0.279 e. The number of thiazole rings is 1. The number of carbonyl (C=O) groups excluding carboxylic acids is 1. The second-order valence-electron chi connectivity index (χ2n) is 6.70. The molecule has 32 heavy (non-hydrogen) atoms. The molecule has 0 spiro atoms. The minimum atomic E-state index is -3.89. The van der Waals surface area contributed by atoms with E-state index in [0.717, 1.165) is 29.0 Å². The zero-order valence-electron chi connectivity index (χ0n) is 16.3. The fraction of sp³-hybridized carbons (Fsp3) is 0.0476. The van der Waals surface area contributed by atoms with Crippen molar-refractivity contribution >= 4 is 66.4 Å². The minimum Gasteiger partial charge on any atom is -0.318 e. The molecule has 6 nitrogen and oxygen atoms in total. The van der Waals surface area contributed by atoms with Gasteiger partial charge in [0.1, 0.15) is 5.82 Å². The molecule has 0 aliphatic heterocycles. The van der Waals surface area contributed by atoms with Crippen molar-refractivity contribution in [2.24, 2.45) is 12.0 Å². The number of hydrogen-bond acceptors (Lipinski definition) is 4. The van der Waals surface area contributed by atoms with Gasteiger partial charge in [-0.1, -0.05) is 34.5 Å². The molecule has 4 rings (SSSR count). The van der Waals surface area contributed by atoms with Gasteiger partial charge in [-0.15, -0.1) is 0 Å². The van der Waals surface area contributed by atoms with Gasteiger partial charge in [0.05, 0.1) is 25.2 Å². The van der Waals surface area contributed by atoms with Gasteiger partial charge in [0, 0.05) is 18.3 Å². The largest absolute Gasteiger partial charge is 0.318 e. The van der Waals surface area contributed by atoms with E-state index in [9.17, 15) is 17.6 Å². The van der Waals surface area contributed by atoms with Crippen LogP contribution in [0.15, 0.2) is 70.6 Å². The van der Waals surface area contributed by atoms with E-state index in [4.69, 9.17) is 23.2 Å². The average Bonchev–Trinajstić information content (AvgIpc) is 3.08. The Morgan fingerprint density at radius 2 is 1.62 bits per heavy atom. The van der Waals surface area contributed by atoms with Gasteiger partial charge in [0.2, 0.25) is 0 Å². The highest BCUT2D eigenvalue weighted by atomic mass is 35.5. The van der Waals surface area contributed by atoms with Crippen LogP contribution in [0.1, 0.15) is 10.4 Å². The average molecular weight is 510 g/mol. The molecule has 0 saturated carbocycles. The van der Waals surface area contributed by atoms with E-state index >= 15 is 0 Å². The van der Waals surface area contributed by atoms with Crippen LogP contribution in [-0.2, 0) is 17.1 Å². The Labute approximate surface area is 196 Å². The molecule has 4 aromatic rings. The molecule has 0 saturated heterocycles. The van der Waals surface area contributed by atoms with Crippen LogP contribution in [0, 0.1) is 5.82 Å². The first-order chi connectivity index (χ1) is 15.2. The van der Waals surface area contributed by atoms with Gasteiger partial charge in [-0.05, 0) is 60.7 Å². The van der Waals surface area contributed by atoms with E-state index in [0.29, 0.717) is 20.4 Å². The molecule has 3 aromatic carbocycles. The summed E-state index contributed by atoms with van der Waals surface area (Å²) in [5, 5.41) is 1.01. The van der Waals surface area contributed by atoms with Crippen LogP contribution in [0.3, 0.4) is 0 Å². The van der Waals surface area contributed by atoms with Crippen LogP contribution in [-0.4, -0.2) is 18.9 Å². The summed E-state index contributed by atoms with van der Waals surface area (Å²) in [4.78, 5) is 17.1. The Morgan fingerprint density at radius 1 is 1.00 bits per heavy atom. The number of aromatic nitrogens is 1. The number of fused-ring (bicyclic) bond motifs is 1. The summed E-state index contributed by atoms with van der Waals surface area (Å²) in [6, 6.07) is 13.6. The molecular formula is C21H14Cl2FN3O3S2. The highest BCUT2D eigenvalue weighted by Crippen LogP contribution is 2.31. The topological polar surface area (TPSA) is 80.5 Å². The number of aryl methyl sites for hydroxylation is 1. The van der Waals surface area contributed by atoms with Crippen molar-refractivity contribution in [2.75, 3.05) is 4.72 Å². The Balaban J connectivity index is 1.60. The van der Waals surface area contributed by atoms with Crippen LogP contribution >= 0.6 is 34.5 Å². The van der Waals surface area contributed by atoms with Crippen molar-refractivity contribution in [3.05, 3.63) is 86.9 Å². The van der Waals surface area contributed by atoms with Crippen molar-refractivity contribution < 1.29 is 17.6 Å². The monoisotopic (exact) mass is 509 g/mol. The lowest BCUT2D eigenvalue weighted by Gasteiger charge is -2.08. The number of amides is 1. The third kappa shape index (κ3) is 4.42. The van der Waals surface area contributed by atoms with Crippen molar-refractivity contribution in [1.29, 1.82) is 0 Å². The summed E-state index contributed by atoms with van der Waals surface area (Å²) in [6.45, 7) is 0. The van der Waals surface area contributed by atoms with Crippen LogP contribution in [0.5, 0.6) is 0 Å². The Bertz CT molecular complexity index is 1510. The molecule has 0 radical (unpaired) electrons. The first kappa shape index (κ1) is 22.5. The van der Waals surface area contributed by atoms with E-state index in [1.807, 2.05) is 0 Å². The molecule has 11 heteroatoms. The molecular weight excluding hydrogens is 496 g/mol. The number of halogens is 3. The highest BCUT2D eigenvalue weighted by molar-refractivity contribution is 7.92. The molecule has 0 fully saturated rings.